The van der Waals surface area contributed by atoms with Gasteiger partial charge in [-0.15, -0.1) is 0 Å². The second kappa shape index (κ2) is 7.83. The van der Waals surface area contributed by atoms with E-state index in [1.54, 1.807) is 29.8 Å². The molecule has 10 heteroatoms. The van der Waals surface area contributed by atoms with Gasteiger partial charge in [-0.05, 0) is 31.0 Å². The normalized spacial score (nSPS) is 16.1. The number of primary sulfonamides is 1. The molecular weight excluding hydrogens is 388 g/mol. The Bertz CT molecular complexity index is 1020. The highest BCUT2D eigenvalue weighted by Crippen LogP contribution is 2.31. The lowest BCUT2D eigenvalue weighted by Gasteiger charge is -2.13. The third-order valence-electron chi connectivity index (χ3n) is 4.31. The molecule has 3 rings (SSSR count). The van der Waals surface area contributed by atoms with Crippen LogP contribution in [0.25, 0.3) is 0 Å². The van der Waals surface area contributed by atoms with Gasteiger partial charge >= 0.3 is 0 Å². The van der Waals surface area contributed by atoms with Crippen LogP contribution in [0.15, 0.2) is 45.3 Å². The predicted octanol–water partition coefficient (Wildman–Crippen LogP) is 0.595. The van der Waals surface area contributed by atoms with E-state index in [0.717, 1.165) is 5.56 Å². The van der Waals surface area contributed by atoms with Gasteiger partial charge in [-0.1, -0.05) is 23.9 Å². The predicted molar refractivity (Wildman–Crippen MR) is 102 cm³/mol. The molecule has 0 saturated heterocycles. The molecule has 1 aliphatic heterocycles. The van der Waals surface area contributed by atoms with Crippen molar-refractivity contribution in [2.24, 2.45) is 5.14 Å². The van der Waals surface area contributed by atoms with Gasteiger partial charge < -0.3 is 5.32 Å². The molecule has 2 aromatic rings. The number of aromatic nitrogens is 2. The number of fused-ring (bicyclic) bond motifs is 1. The van der Waals surface area contributed by atoms with Crippen molar-refractivity contribution in [3.8, 4) is 0 Å². The highest BCUT2D eigenvalue weighted by molar-refractivity contribution is 7.99. The Labute approximate surface area is 161 Å². The Morgan fingerprint density at radius 1 is 1.37 bits per heavy atom. The number of aryl methyl sites for hydroxylation is 1. The zero-order valence-corrected chi connectivity index (χ0v) is 16.3. The second-order valence-corrected chi connectivity index (χ2v) is 8.91. The van der Waals surface area contributed by atoms with E-state index in [-0.39, 0.29) is 28.8 Å². The number of rotatable bonds is 6. The Hall–Kier alpha value is -2.17. The van der Waals surface area contributed by atoms with Crippen LogP contribution in [0.4, 0.5) is 0 Å². The molecule has 27 heavy (non-hydrogen) atoms. The van der Waals surface area contributed by atoms with Gasteiger partial charge in [0.25, 0.3) is 5.56 Å². The number of nitrogens with zero attached hydrogens (tertiary/aromatic N) is 2. The average Bonchev–Trinajstić information content (AvgIpc) is 3.01. The molecule has 1 aliphatic rings. The monoisotopic (exact) mass is 408 g/mol. The van der Waals surface area contributed by atoms with E-state index in [9.17, 15) is 18.0 Å². The summed E-state index contributed by atoms with van der Waals surface area (Å²) in [6, 6.07) is 6.04. The maximum absolute atomic E-state index is 12.3. The number of sulfonamides is 1. The number of hydrogen-bond acceptors (Lipinski definition) is 6. The Balaban J connectivity index is 1.53. The summed E-state index contributed by atoms with van der Waals surface area (Å²) >= 11 is 1.48. The molecule has 3 N–H and O–H groups in total. The largest absolute Gasteiger partial charge is 0.356 e. The van der Waals surface area contributed by atoms with E-state index in [2.05, 4.69) is 10.3 Å². The number of amides is 1. The van der Waals surface area contributed by atoms with Crippen LogP contribution in [0.2, 0.25) is 0 Å². The molecule has 1 aromatic carbocycles. The maximum atomic E-state index is 12.3. The smallest absolute Gasteiger partial charge is 0.257 e. The van der Waals surface area contributed by atoms with Crippen LogP contribution in [-0.2, 0) is 21.2 Å². The quantitative estimate of drug-likeness (QED) is 0.675. The van der Waals surface area contributed by atoms with Crippen molar-refractivity contribution in [2.45, 2.75) is 35.9 Å². The first-order valence-electron chi connectivity index (χ1n) is 8.35. The van der Waals surface area contributed by atoms with Gasteiger partial charge in [0.15, 0.2) is 5.16 Å². The van der Waals surface area contributed by atoms with Gasteiger partial charge in [-0.25, -0.2) is 18.5 Å². The standard InChI is InChI=1S/C17H20N4O4S2/c1-11-9-20-17-21(16(11)23)13(10-26-17)8-15(22)19-7-6-12-2-4-14(5-3-12)27(18,24)25/h2-5,9,13H,6-8,10H2,1H3,(H,19,22)(H2,18,24,25)/t13-/m0/s1. The molecule has 2 heterocycles. The van der Waals surface area contributed by atoms with Crippen molar-refractivity contribution in [3.05, 3.63) is 51.9 Å². The van der Waals surface area contributed by atoms with Crippen molar-refractivity contribution in [2.75, 3.05) is 12.3 Å². The van der Waals surface area contributed by atoms with Gasteiger partial charge in [0.2, 0.25) is 15.9 Å². The number of carbonyl (C=O) groups excluding carboxylic acids is 1. The van der Waals surface area contributed by atoms with Crippen molar-refractivity contribution < 1.29 is 13.2 Å². The molecule has 144 valence electrons. The fourth-order valence-corrected chi connectivity index (χ4v) is 4.47. The lowest BCUT2D eigenvalue weighted by atomic mass is 10.1. The lowest BCUT2D eigenvalue weighted by Crippen LogP contribution is -2.32. The molecule has 8 nitrogen and oxygen atoms in total. The van der Waals surface area contributed by atoms with E-state index in [0.29, 0.717) is 29.4 Å². The van der Waals surface area contributed by atoms with Crippen LogP contribution in [0.1, 0.15) is 23.6 Å². The zero-order chi connectivity index (χ0) is 19.6. The fourth-order valence-electron chi connectivity index (χ4n) is 2.85. The fraction of sp³-hybridized carbons (Fsp3) is 0.353. The van der Waals surface area contributed by atoms with Crippen LogP contribution in [0.3, 0.4) is 0 Å². The molecule has 0 spiro atoms. The van der Waals surface area contributed by atoms with Crippen LogP contribution >= 0.6 is 11.8 Å². The summed E-state index contributed by atoms with van der Waals surface area (Å²) in [4.78, 5) is 28.8. The molecule has 0 unspecified atom stereocenters. The summed E-state index contributed by atoms with van der Waals surface area (Å²) in [7, 11) is -3.70. The number of carbonyl (C=O) groups is 1. The summed E-state index contributed by atoms with van der Waals surface area (Å²) in [5.41, 5.74) is 1.35. The van der Waals surface area contributed by atoms with Gasteiger partial charge in [-0.2, -0.15) is 0 Å². The molecule has 1 aromatic heterocycles. The van der Waals surface area contributed by atoms with E-state index in [4.69, 9.17) is 5.14 Å². The lowest BCUT2D eigenvalue weighted by molar-refractivity contribution is -0.121. The molecule has 1 amide bonds. The maximum Gasteiger partial charge on any atom is 0.257 e. The van der Waals surface area contributed by atoms with Crippen molar-refractivity contribution in [3.63, 3.8) is 0 Å². The highest BCUT2D eigenvalue weighted by atomic mass is 32.2. The van der Waals surface area contributed by atoms with Crippen LogP contribution in [-0.4, -0.2) is 36.2 Å². The Morgan fingerprint density at radius 3 is 2.74 bits per heavy atom. The summed E-state index contributed by atoms with van der Waals surface area (Å²) in [5.74, 6) is 0.511. The van der Waals surface area contributed by atoms with Crippen molar-refractivity contribution in [1.82, 2.24) is 14.9 Å². The van der Waals surface area contributed by atoms with E-state index in [1.807, 2.05) is 0 Å². The van der Waals surface area contributed by atoms with Crippen molar-refractivity contribution >= 4 is 27.7 Å². The minimum atomic E-state index is -3.70. The summed E-state index contributed by atoms with van der Waals surface area (Å²) < 4.78 is 24.1. The van der Waals surface area contributed by atoms with Gasteiger partial charge in [0.05, 0.1) is 10.9 Å². The first-order chi connectivity index (χ1) is 12.8. The van der Waals surface area contributed by atoms with Crippen LogP contribution < -0.4 is 16.0 Å². The Morgan fingerprint density at radius 2 is 2.07 bits per heavy atom. The number of benzene rings is 1. The number of nitrogens with one attached hydrogen (secondary N) is 1. The van der Waals surface area contributed by atoms with Gasteiger partial charge in [0, 0.05) is 30.5 Å². The molecule has 1 atom stereocenters. The third-order valence-corrected chi connectivity index (χ3v) is 6.35. The van der Waals surface area contributed by atoms with E-state index >= 15 is 0 Å². The van der Waals surface area contributed by atoms with E-state index in [1.165, 1.54) is 23.9 Å². The van der Waals surface area contributed by atoms with Gasteiger partial charge in [0.1, 0.15) is 0 Å². The summed E-state index contributed by atoms with van der Waals surface area (Å²) in [6.07, 6.45) is 2.34. The molecule has 0 bridgehead atoms. The van der Waals surface area contributed by atoms with Gasteiger partial charge in [-0.3, -0.25) is 14.2 Å². The first kappa shape index (κ1) is 19.6. The van der Waals surface area contributed by atoms with E-state index < -0.39 is 10.0 Å². The molecule has 0 aliphatic carbocycles. The van der Waals surface area contributed by atoms with Crippen molar-refractivity contribution in [1.29, 1.82) is 0 Å². The number of nitrogens with two attached hydrogens (primary N) is 1. The minimum Gasteiger partial charge on any atom is -0.356 e. The topological polar surface area (TPSA) is 124 Å². The third kappa shape index (κ3) is 4.57. The second-order valence-electron chi connectivity index (χ2n) is 6.36. The van der Waals surface area contributed by atoms with Crippen LogP contribution in [0.5, 0.6) is 0 Å². The number of hydrogen-bond donors (Lipinski definition) is 2. The Kier molecular flexibility index (Phi) is 5.68. The number of thioether (sulfide) groups is 1. The minimum absolute atomic E-state index is 0.0574. The highest BCUT2D eigenvalue weighted by Gasteiger charge is 2.27. The first-order valence-corrected chi connectivity index (χ1v) is 10.9. The SMILES string of the molecule is Cc1cnc2n(c1=O)[C@@H](CC(=O)NCCc1ccc(S(N)(=O)=O)cc1)CS2. The van der Waals surface area contributed by atoms with Crippen LogP contribution in [0, 0.1) is 6.92 Å². The summed E-state index contributed by atoms with van der Waals surface area (Å²) in [5, 5.41) is 8.56. The zero-order valence-electron chi connectivity index (χ0n) is 14.7. The average molecular weight is 409 g/mol. The molecular formula is C17H20N4O4S2. The molecule has 0 radical (unpaired) electrons. The molecule has 0 fully saturated rings. The molecule has 0 saturated carbocycles. The summed E-state index contributed by atoms with van der Waals surface area (Å²) in [6.45, 7) is 2.13.